The first-order valence-electron chi connectivity index (χ1n) is 7.61. The number of rotatable bonds is 7. The Bertz CT molecular complexity index is 920. The summed E-state index contributed by atoms with van der Waals surface area (Å²) in [4.78, 5) is 12.6. The van der Waals surface area contributed by atoms with Crippen LogP contribution in [0.25, 0.3) is 6.08 Å². The zero-order valence-corrected chi connectivity index (χ0v) is 14.4. The summed E-state index contributed by atoms with van der Waals surface area (Å²) in [5.41, 5.74) is 0.933. The number of nitrogens with zero attached hydrogens (tertiary/aromatic N) is 2. The Hall–Kier alpha value is -3.77. The van der Waals surface area contributed by atoms with E-state index in [1.807, 2.05) is 12.1 Å². The second kappa shape index (κ2) is 8.91. The maximum absolute atomic E-state index is 12.6. The molecule has 0 aliphatic carbocycles. The van der Waals surface area contributed by atoms with Crippen molar-refractivity contribution in [2.45, 2.75) is 0 Å². The molecule has 0 heterocycles. The molecule has 0 spiro atoms. The first kappa shape index (κ1) is 18.6. The molecule has 0 amide bonds. The molecule has 0 bridgehead atoms. The number of Topliss-reactive ketones (excluding diaryl/α,β-unsaturated/α-hetero) is 1. The molecule has 0 N–H and O–H groups in total. The SMILES string of the molecule is COc1cccc(C(=O)/C(C#N)=C/c2ccc(OCC#N)c(OC)c2)c1. The van der Waals surface area contributed by atoms with E-state index in [4.69, 9.17) is 19.5 Å². The van der Waals surface area contributed by atoms with Crippen LogP contribution in [0, 0.1) is 22.7 Å². The minimum atomic E-state index is -0.407. The lowest BCUT2D eigenvalue weighted by Gasteiger charge is -2.09. The number of carbonyl (C=O) groups excluding carboxylic acids is 1. The Kier molecular flexibility index (Phi) is 6.36. The highest BCUT2D eigenvalue weighted by atomic mass is 16.5. The third-order valence-electron chi connectivity index (χ3n) is 3.49. The van der Waals surface area contributed by atoms with E-state index in [0.29, 0.717) is 28.4 Å². The Morgan fingerprint density at radius 2 is 1.88 bits per heavy atom. The van der Waals surface area contributed by atoms with E-state index in [1.165, 1.54) is 20.3 Å². The van der Waals surface area contributed by atoms with Gasteiger partial charge in [-0.15, -0.1) is 0 Å². The summed E-state index contributed by atoms with van der Waals surface area (Å²) >= 11 is 0. The number of ketones is 1. The quantitative estimate of drug-likeness (QED) is 0.432. The van der Waals surface area contributed by atoms with Gasteiger partial charge in [-0.1, -0.05) is 18.2 Å². The van der Waals surface area contributed by atoms with Gasteiger partial charge in [-0.2, -0.15) is 10.5 Å². The molecule has 0 aromatic heterocycles. The average Bonchev–Trinajstić information content (AvgIpc) is 2.70. The lowest BCUT2D eigenvalue weighted by atomic mass is 10.0. The van der Waals surface area contributed by atoms with Crippen molar-refractivity contribution in [3.63, 3.8) is 0 Å². The van der Waals surface area contributed by atoms with E-state index in [9.17, 15) is 10.1 Å². The summed E-state index contributed by atoms with van der Waals surface area (Å²) in [5.74, 6) is 0.938. The maximum atomic E-state index is 12.6. The molecule has 0 radical (unpaired) electrons. The summed E-state index contributed by atoms with van der Waals surface area (Å²) in [5, 5.41) is 18.0. The van der Waals surface area contributed by atoms with Crippen molar-refractivity contribution in [2.24, 2.45) is 0 Å². The van der Waals surface area contributed by atoms with Crippen molar-refractivity contribution in [1.29, 1.82) is 10.5 Å². The molecular formula is C20H16N2O4. The maximum Gasteiger partial charge on any atom is 0.203 e. The minimum absolute atomic E-state index is 0.0222. The van der Waals surface area contributed by atoms with Crippen LogP contribution in [0.1, 0.15) is 15.9 Å². The normalized spacial score (nSPS) is 10.4. The van der Waals surface area contributed by atoms with Crippen LogP contribution in [0.3, 0.4) is 0 Å². The molecule has 0 saturated carbocycles. The van der Waals surface area contributed by atoms with Crippen molar-refractivity contribution in [1.82, 2.24) is 0 Å². The van der Waals surface area contributed by atoms with E-state index >= 15 is 0 Å². The zero-order chi connectivity index (χ0) is 18.9. The number of ether oxygens (including phenoxy) is 3. The van der Waals surface area contributed by atoms with Gasteiger partial charge in [0.15, 0.2) is 18.1 Å². The van der Waals surface area contributed by atoms with E-state index in [1.54, 1.807) is 42.5 Å². The molecule has 26 heavy (non-hydrogen) atoms. The average molecular weight is 348 g/mol. The monoisotopic (exact) mass is 348 g/mol. The first-order valence-corrected chi connectivity index (χ1v) is 7.61. The summed E-state index contributed by atoms with van der Waals surface area (Å²) in [6.45, 7) is -0.108. The van der Waals surface area contributed by atoms with Crippen molar-refractivity contribution in [2.75, 3.05) is 20.8 Å². The van der Waals surface area contributed by atoms with Crippen LogP contribution >= 0.6 is 0 Å². The minimum Gasteiger partial charge on any atom is -0.497 e. The van der Waals surface area contributed by atoms with Gasteiger partial charge in [-0.3, -0.25) is 4.79 Å². The molecule has 2 rings (SSSR count). The molecule has 0 atom stereocenters. The van der Waals surface area contributed by atoms with Gasteiger partial charge in [-0.05, 0) is 35.9 Å². The predicted octanol–water partition coefficient (Wildman–Crippen LogP) is 3.40. The summed E-state index contributed by atoms with van der Waals surface area (Å²) in [6.07, 6.45) is 1.47. The van der Waals surface area contributed by atoms with Crippen LogP contribution in [0.5, 0.6) is 17.2 Å². The molecule has 2 aromatic carbocycles. The number of carbonyl (C=O) groups is 1. The van der Waals surface area contributed by atoms with Crippen molar-refractivity contribution in [3.8, 4) is 29.4 Å². The Morgan fingerprint density at radius 3 is 2.54 bits per heavy atom. The summed E-state index contributed by atoms with van der Waals surface area (Å²) in [7, 11) is 2.97. The van der Waals surface area contributed by atoms with Crippen molar-refractivity contribution >= 4 is 11.9 Å². The van der Waals surface area contributed by atoms with Crippen LogP contribution in [-0.2, 0) is 0 Å². The van der Waals surface area contributed by atoms with Crippen LogP contribution in [0.15, 0.2) is 48.0 Å². The zero-order valence-electron chi connectivity index (χ0n) is 14.4. The van der Waals surface area contributed by atoms with Gasteiger partial charge in [0.1, 0.15) is 23.5 Å². The number of nitriles is 2. The second-order valence-electron chi connectivity index (χ2n) is 5.09. The fraction of sp³-hybridized carbons (Fsp3) is 0.150. The third-order valence-corrected chi connectivity index (χ3v) is 3.49. The Morgan fingerprint density at radius 1 is 1.08 bits per heavy atom. The lowest BCUT2D eigenvalue weighted by molar-refractivity contribution is 0.103. The van der Waals surface area contributed by atoms with E-state index in [2.05, 4.69) is 0 Å². The van der Waals surface area contributed by atoms with Crippen LogP contribution in [0.2, 0.25) is 0 Å². The second-order valence-corrected chi connectivity index (χ2v) is 5.09. The van der Waals surface area contributed by atoms with E-state index < -0.39 is 5.78 Å². The fourth-order valence-corrected chi connectivity index (χ4v) is 2.24. The van der Waals surface area contributed by atoms with Crippen LogP contribution in [0.4, 0.5) is 0 Å². The standard InChI is InChI=1S/C20H16N2O4/c1-24-17-5-3-4-15(12-17)20(23)16(13-22)10-14-6-7-18(26-9-8-21)19(11-14)25-2/h3-7,10-12H,9H2,1-2H3/b16-10+. The van der Waals surface area contributed by atoms with E-state index in [-0.39, 0.29) is 12.2 Å². The van der Waals surface area contributed by atoms with Crippen LogP contribution < -0.4 is 14.2 Å². The van der Waals surface area contributed by atoms with Crippen molar-refractivity contribution < 1.29 is 19.0 Å². The lowest BCUT2D eigenvalue weighted by Crippen LogP contribution is -2.02. The van der Waals surface area contributed by atoms with Crippen LogP contribution in [-0.4, -0.2) is 26.6 Å². The highest BCUT2D eigenvalue weighted by Gasteiger charge is 2.14. The molecule has 0 aliphatic heterocycles. The molecule has 0 fully saturated rings. The number of hydrogen-bond acceptors (Lipinski definition) is 6. The molecule has 2 aromatic rings. The highest BCUT2D eigenvalue weighted by molar-refractivity contribution is 6.14. The first-order chi connectivity index (χ1) is 12.6. The number of methoxy groups -OCH3 is 2. The van der Waals surface area contributed by atoms with Gasteiger partial charge >= 0.3 is 0 Å². The molecular weight excluding hydrogens is 332 g/mol. The summed E-state index contributed by atoms with van der Waals surface area (Å²) < 4.78 is 15.6. The van der Waals surface area contributed by atoms with E-state index in [0.717, 1.165) is 0 Å². The predicted molar refractivity (Wildman–Crippen MR) is 95.0 cm³/mol. The van der Waals surface area contributed by atoms with Gasteiger partial charge < -0.3 is 14.2 Å². The number of allylic oxidation sites excluding steroid dienone is 1. The Labute approximate surface area is 151 Å². The number of benzene rings is 2. The molecule has 130 valence electrons. The Balaban J connectivity index is 2.34. The molecule has 6 heteroatoms. The van der Waals surface area contributed by atoms with Gasteiger partial charge in [0, 0.05) is 5.56 Å². The van der Waals surface area contributed by atoms with Gasteiger partial charge in [0.05, 0.1) is 14.2 Å². The van der Waals surface area contributed by atoms with Crippen molar-refractivity contribution in [3.05, 3.63) is 59.2 Å². The van der Waals surface area contributed by atoms with Gasteiger partial charge in [0.25, 0.3) is 0 Å². The summed E-state index contributed by atoms with van der Waals surface area (Å²) in [6, 6.07) is 15.3. The third kappa shape index (κ3) is 4.40. The number of hydrogen-bond donors (Lipinski definition) is 0. The molecule has 0 aliphatic rings. The fourth-order valence-electron chi connectivity index (χ4n) is 2.24. The largest absolute Gasteiger partial charge is 0.497 e. The topological polar surface area (TPSA) is 92.3 Å². The smallest absolute Gasteiger partial charge is 0.203 e. The highest BCUT2D eigenvalue weighted by Crippen LogP contribution is 2.29. The molecule has 0 unspecified atom stereocenters. The van der Waals surface area contributed by atoms with Gasteiger partial charge in [0.2, 0.25) is 5.78 Å². The molecule has 6 nitrogen and oxygen atoms in total. The van der Waals surface area contributed by atoms with Gasteiger partial charge in [-0.25, -0.2) is 0 Å². The molecule has 0 saturated heterocycles.